The van der Waals surface area contributed by atoms with Crippen molar-refractivity contribution in [1.82, 2.24) is 4.90 Å². The van der Waals surface area contributed by atoms with E-state index in [1.165, 1.54) is 30.7 Å². The van der Waals surface area contributed by atoms with Crippen LogP contribution in [0.3, 0.4) is 0 Å². The third-order valence-electron chi connectivity index (χ3n) is 3.12. The number of rotatable bonds is 4. The van der Waals surface area contributed by atoms with Crippen molar-refractivity contribution in [3.8, 4) is 5.75 Å². The molecule has 0 aromatic heterocycles. The van der Waals surface area contributed by atoms with Crippen molar-refractivity contribution in [2.75, 3.05) is 19.7 Å². The molecule has 0 saturated carbocycles. The van der Waals surface area contributed by atoms with Crippen molar-refractivity contribution >= 4 is 11.6 Å². The third kappa shape index (κ3) is 3.67. The first-order chi connectivity index (χ1) is 9.16. The number of nitrogens with zero attached hydrogens (tertiary/aromatic N) is 2. The van der Waals surface area contributed by atoms with E-state index >= 15 is 0 Å². The van der Waals surface area contributed by atoms with Gasteiger partial charge in [0.05, 0.1) is 4.92 Å². The Kier molecular flexibility index (Phi) is 4.33. The van der Waals surface area contributed by atoms with Crippen LogP contribution in [0, 0.1) is 10.1 Å². The van der Waals surface area contributed by atoms with Crippen molar-refractivity contribution in [2.24, 2.45) is 0 Å². The summed E-state index contributed by atoms with van der Waals surface area (Å²) in [6.45, 7) is 1.57. The summed E-state index contributed by atoms with van der Waals surface area (Å²) in [5.41, 5.74) is 0.00899. The lowest BCUT2D eigenvalue weighted by Gasteiger charge is -2.26. The van der Waals surface area contributed by atoms with E-state index in [1.807, 2.05) is 0 Å². The van der Waals surface area contributed by atoms with Crippen LogP contribution in [0.5, 0.6) is 5.75 Å². The predicted molar refractivity (Wildman–Crippen MR) is 69.0 cm³/mol. The number of piperidine rings is 1. The van der Waals surface area contributed by atoms with Gasteiger partial charge in [-0.3, -0.25) is 14.9 Å². The van der Waals surface area contributed by atoms with E-state index < -0.39 is 4.92 Å². The molecular formula is C13H16N2O4. The van der Waals surface area contributed by atoms with Crippen LogP contribution in [0.2, 0.25) is 0 Å². The minimum atomic E-state index is -0.470. The number of nitro groups is 1. The molecule has 1 aromatic carbocycles. The minimum absolute atomic E-state index is 0.00899. The molecule has 1 saturated heterocycles. The Balaban J connectivity index is 1.84. The molecular weight excluding hydrogens is 248 g/mol. The number of hydrogen-bond acceptors (Lipinski definition) is 4. The average Bonchev–Trinajstić information content (AvgIpc) is 2.46. The molecule has 0 atom stereocenters. The van der Waals surface area contributed by atoms with Crippen LogP contribution in [0.15, 0.2) is 24.3 Å². The summed E-state index contributed by atoms with van der Waals surface area (Å²) in [5.74, 6) is 0.439. The minimum Gasteiger partial charge on any atom is -0.484 e. The van der Waals surface area contributed by atoms with E-state index in [2.05, 4.69) is 0 Å². The summed E-state index contributed by atoms with van der Waals surface area (Å²) in [7, 11) is 0. The van der Waals surface area contributed by atoms with Crippen molar-refractivity contribution in [1.29, 1.82) is 0 Å². The van der Waals surface area contributed by atoms with Crippen molar-refractivity contribution < 1.29 is 14.5 Å². The van der Waals surface area contributed by atoms with Gasteiger partial charge < -0.3 is 9.64 Å². The average molecular weight is 264 g/mol. The molecule has 1 aromatic rings. The van der Waals surface area contributed by atoms with Gasteiger partial charge in [-0.25, -0.2) is 0 Å². The van der Waals surface area contributed by atoms with E-state index in [1.54, 1.807) is 4.90 Å². The SMILES string of the molecule is O=C(COc1ccc([N+](=O)[O-])cc1)N1CCCCC1. The molecule has 0 bridgehead atoms. The summed E-state index contributed by atoms with van der Waals surface area (Å²) in [6, 6.07) is 5.73. The van der Waals surface area contributed by atoms with E-state index in [0.29, 0.717) is 5.75 Å². The Hall–Kier alpha value is -2.11. The van der Waals surface area contributed by atoms with Gasteiger partial charge in [-0.2, -0.15) is 0 Å². The summed E-state index contributed by atoms with van der Waals surface area (Å²) >= 11 is 0. The number of carbonyl (C=O) groups excluding carboxylic acids is 1. The lowest BCUT2D eigenvalue weighted by atomic mass is 10.1. The lowest BCUT2D eigenvalue weighted by Crippen LogP contribution is -2.38. The zero-order chi connectivity index (χ0) is 13.7. The maximum atomic E-state index is 11.8. The standard InChI is InChI=1S/C13H16N2O4/c16-13(14-8-2-1-3-9-14)10-19-12-6-4-11(5-7-12)15(17)18/h4-7H,1-3,8-10H2. The normalized spacial score (nSPS) is 15.1. The van der Waals surface area contributed by atoms with Gasteiger partial charge in [0.1, 0.15) is 5.75 Å². The van der Waals surface area contributed by atoms with Crippen molar-refractivity contribution in [2.45, 2.75) is 19.3 Å². The zero-order valence-electron chi connectivity index (χ0n) is 10.6. The van der Waals surface area contributed by atoms with Crippen LogP contribution in [0.1, 0.15) is 19.3 Å². The van der Waals surface area contributed by atoms with Crippen LogP contribution in [0.4, 0.5) is 5.69 Å². The number of nitro benzene ring substituents is 1. The smallest absolute Gasteiger partial charge is 0.269 e. The molecule has 6 nitrogen and oxygen atoms in total. The molecule has 6 heteroatoms. The number of ether oxygens (including phenoxy) is 1. The largest absolute Gasteiger partial charge is 0.484 e. The Bertz CT molecular complexity index is 452. The van der Waals surface area contributed by atoms with Crippen LogP contribution in [0.25, 0.3) is 0 Å². The summed E-state index contributed by atoms with van der Waals surface area (Å²) in [6.07, 6.45) is 3.26. The summed E-state index contributed by atoms with van der Waals surface area (Å²) < 4.78 is 5.34. The Morgan fingerprint density at radius 1 is 1.21 bits per heavy atom. The lowest BCUT2D eigenvalue weighted by molar-refractivity contribution is -0.384. The first kappa shape index (κ1) is 13.3. The summed E-state index contributed by atoms with van der Waals surface area (Å²) in [4.78, 5) is 23.7. The molecule has 2 rings (SSSR count). The number of hydrogen-bond donors (Lipinski definition) is 0. The monoisotopic (exact) mass is 264 g/mol. The van der Waals surface area contributed by atoms with E-state index in [9.17, 15) is 14.9 Å². The van der Waals surface area contributed by atoms with Crippen LogP contribution < -0.4 is 4.74 Å². The molecule has 0 spiro atoms. The van der Waals surface area contributed by atoms with E-state index in [-0.39, 0.29) is 18.2 Å². The highest BCUT2D eigenvalue weighted by atomic mass is 16.6. The fourth-order valence-electron chi connectivity index (χ4n) is 2.04. The second-order valence-electron chi connectivity index (χ2n) is 4.48. The fourth-order valence-corrected chi connectivity index (χ4v) is 2.04. The number of likely N-dealkylation sites (tertiary alicyclic amines) is 1. The molecule has 0 aliphatic carbocycles. The highest BCUT2D eigenvalue weighted by Gasteiger charge is 2.16. The molecule has 1 fully saturated rings. The molecule has 1 aliphatic rings. The number of amides is 1. The maximum Gasteiger partial charge on any atom is 0.269 e. The van der Waals surface area contributed by atoms with Crippen molar-refractivity contribution in [3.05, 3.63) is 34.4 Å². The zero-order valence-corrected chi connectivity index (χ0v) is 10.6. The first-order valence-corrected chi connectivity index (χ1v) is 6.32. The van der Waals surface area contributed by atoms with Gasteiger partial charge in [0, 0.05) is 25.2 Å². The highest BCUT2D eigenvalue weighted by Crippen LogP contribution is 2.17. The molecule has 0 unspecified atom stereocenters. The number of benzene rings is 1. The van der Waals surface area contributed by atoms with Gasteiger partial charge in [-0.15, -0.1) is 0 Å². The predicted octanol–water partition coefficient (Wildman–Crippen LogP) is 1.99. The quantitative estimate of drug-likeness (QED) is 0.615. The van der Waals surface area contributed by atoms with Gasteiger partial charge in [-0.05, 0) is 31.4 Å². The Morgan fingerprint density at radius 3 is 2.42 bits per heavy atom. The van der Waals surface area contributed by atoms with Crippen LogP contribution in [-0.2, 0) is 4.79 Å². The van der Waals surface area contributed by atoms with Crippen LogP contribution >= 0.6 is 0 Å². The van der Waals surface area contributed by atoms with E-state index in [4.69, 9.17) is 4.74 Å². The first-order valence-electron chi connectivity index (χ1n) is 6.32. The Morgan fingerprint density at radius 2 is 1.84 bits per heavy atom. The van der Waals surface area contributed by atoms with Gasteiger partial charge in [-0.1, -0.05) is 0 Å². The van der Waals surface area contributed by atoms with E-state index in [0.717, 1.165) is 25.9 Å². The fraction of sp³-hybridized carbons (Fsp3) is 0.462. The van der Waals surface area contributed by atoms with Gasteiger partial charge >= 0.3 is 0 Å². The number of non-ortho nitro benzene ring substituents is 1. The topological polar surface area (TPSA) is 72.7 Å². The molecule has 0 N–H and O–H groups in total. The molecule has 1 aliphatic heterocycles. The molecule has 1 heterocycles. The Labute approximate surface area is 111 Å². The molecule has 102 valence electrons. The molecule has 1 amide bonds. The van der Waals surface area contributed by atoms with Gasteiger partial charge in [0.2, 0.25) is 0 Å². The third-order valence-corrected chi connectivity index (χ3v) is 3.12. The summed E-state index contributed by atoms with van der Waals surface area (Å²) in [5, 5.41) is 10.5. The molecule has 19 heavy (non-hydrogen) atoms. The molecule has 0 radical (unpaired) electrons. The second-order valence-corrected chi connectivity index (χ2v) is 4.48. The highest BCUT2D eigenvalue weighted by molar-refractivity contribution is 5.77. The van der Waals surface area contributed by atoms with Gasteiger partial charge in [0.25, 0.3) is 11.6 Å². The van der Waals surface area contributed by atoms with Crippen molar-refractivity contribution in [3.63, 3.8) is 0 Å². The van der Waals surface area contributed by atoms with Gasteiger partial charge in [0.15, 0.2) is 6.61 Å². The maximum absolute atomic E-state index is 11.8. The number of carbonyl (C=O) groups is 1. The second kappa shape index (κ2) is 6.17. The van der Waals surface area contributed by atoms with Crippen LogP contribution in [-0.4, -0.2) is 35.4 Å².